The van der Waals surface area contributed by atoms with E-state index < -0.39 is 5.60 Å². The molecule has 0 aliphatic rings. The third-order valence-corrected chi connectivity index (χ3v) is 3.65. The predicted molar refractivity (Wildman–Crippen MR) is 90.2 cm³/mol. The predicted octanol–water partition coefficient (Wildman–Crippen LogP) is 4.27. The number of nitrogens with zero attached hydrogens (tertiary/aromatic N) is 2. The van der Waals surface area contributed by atoms with Crippen molar-refractivity contribution in [3.05, 3.63) is 36.0 Å². The number of rotatable bonds is 4. The van der Waals surface area contributed by atoms with Gasteiger partial charge in [0.1, 0.15) is 5.60 Å². The lowest BCUT2D eigenvalue weighted by Crippen LogP contribution is -2.26. The van der Waals surface area contributed by atoms with Crippen molar-refractivity contribution >= 4 is 17.0 Å². The molecule has 0 unspecified atom stereocenters. The number of hydrogen-bond acceptors (Lipinski definition) is 3. The maximum atomic E-state index is 12.2. The van der Waals surface area contributed by atoms with Crippen LogP contribution < -0.4 is 0 Å². The molecule has 22 heavy (non-hydrogen) atoms. The van der Waals surface area contributed by atoms with Gasteiger partial charge in [0.15, 0.2) is 0 Å². The summed E-state index contributed by atoms with van der Waals surface area (Å²) >= 11 is 0. The maximum absolute atomic E-state index is 12.2. The van der Waals surface area contributed by atoms with Crippen LogP contribution in [0.5, 0.6) is 0 Å². The van der Waals surface area contributed by atoms with Crippen LogP contribution in [0.1, 0.15) is 40.2 Å². The Hall–Kier alpha value is -1.81. The van der Waals surface area contributed by atoms with Gasteiger partial charge in [0.05, 0.1) is 5.52 Å². The van der Waals surface area contributed by atoms with Crippen molar-refractivity contribution in [3.63, 3.8) is 0 Å². The SMILES string of the molecule is CCN(CC)Cc1ccc2c(ccn2C(=O)OC(C)(C)C)c1. The summed E-state index contributed by atoms with van der Waals surface area (Å²) in [7, 11) is 0. The molecular formula is C18H26N2O2. The van der Waals surface area contributed by atoms with Crippen LogP contribution in [0.3, 0.4) is 0 Å². The van der Waals surface area contributed by atoms with Crippen LogP contribution >= 0.6 is 0 Å². The highest BCUT2D eigenvalue weighted by Gasteiger charge is 2.19. The molecule has 1 aromatic carbocycles. The van der Waals surface area contributed by atoms with Crippen LogP contribution in [0.25, 0.3) is 10.9 Å². The number of hydrogen-bond donors (Lipinski definition) is 0. The zero-order chi connectivity index (χ0) is 16.3. The standard InChI is InChI=1S/C18H26N2O2/c1-6-19(7-2)13-14-8-9-16-15(12-14)10-11-20(16)17(21)22-18(3,4)5/h8-12H,6-7,13H2,1-5H3. The van der Waals surface area contributed by atoms with E-state index >= 15 is 0 Å². The second kappa shape index (κ2) is 6.53. The lowest BCUT2D eigenvalue weighted by Gasteiger charge is -2.20. The quantitative estimate of drug-likeness (QED) is 0.846. The first-order chi connectivity index (χ1) is 10.3. The molecule has 2 aromatic rings. The van der Waals surface area contributed by atoms with Crippen molar-refractivity contribution < 1.29 is 9.53 Å². The Bertz CT molecular complexity index is 649. The number of fused-ring (bicyclic) bond motifs is 1. The van der Waals surface area contributed by atoms with Gasteiger partial charge in [-0.2, -0.15) is 0 Å². The lowest BCUT2D eigenvalue weighted by atomic mass is 10.1. The Morgan fingerprint density at radius 3 is 2.45 bits per heavy atom. The molecule has 0 fully saturated rings. The topological polar surface area (TPSA) is 34.5 Å². The highest BCUT2D eigenvalue weighted by atomic mass is 16.6. The summed E-state index contributed by atoms with van der Waals surface area (Å²) in [6, 6.07) is 8.19. The molecule has 0 saturated carbocycles. The molecule has 4 nitrogen and oxygen atoms in total. The smallest absolute Gasteiger partial charge is 0.418 e. The van der Waals surface area contributed by atoms with Gasteiger partial charge >= 0.3 is 6.09 Å². The fourth-order valence-corrected chi connectivity index (χ4v) is 2.47. The number of benzene rings is 1. The fraction of sp³-hybridized carbons (Fsp3) is 0.500. The van der Waals surface area contributed by atoms with E-state index in [-0.39, 0.29) is 6.09 Å². The van der Waals surface area contributed by atoms with Crippen LogP contribution in [-0.4, -0.2) is 34.3 Å². The van der Waals surface area contributed by atoms with Crippen molar-refractivity contribution in [1.82, 2.24) is 9.47 Å². The molecule has 2 rings (SSSR count). The molecule has 0 amide bonds. The minimum absolute atomic E-state index is 0.334. The number of carbonyl (C=O) groups excluding carboxylic acids is 1. The summed E-state index contributed by atoms with van der Waals surface area (Å²) in [5, 5.41) is 1.07. The van der Waals surface area contributed by atoms with E-state index in [9.17, 15) is 4.79 Å². The highest BCUT2D eigenvalue weighted by molar-refractivity contribution is 5.89. The van der Waals surface area contributed by atoms with Gasteiger partial charge in [-0.15, -0.1) is 0 Å². The molecule has 0 spiro atoms. The van der Waals surface area contributed by atoms with Crippen LogP contribution in [0.2, 0.25) is 0 Å². The molecule has 0 N–H and O–H groups in total. The van der Waals surface area contributed by atoms with Crippen molar-refractivity contribution in [3.8, 4) is 0 Å². The number of ether oxygens (including phenoxy) is 1. The van der Waals surface area contributed by atoms with Crippen LogP contribution in [0.4, 0.5) is 4.79 Å². The van der Waals surface area contributed by atoms with Crippen LogP contribution in [0.15, 0.2) is 30.5 Å². The average molecular weight is 302 g/mol. The molecule has 1 aromatic heterocycles. The molecule has 0 bridgehead atoms. The highest BCUT2D eigenvalue weighted by Crippen LogP contribution is 2.20. The second-order valence-electron chi connectivity index (χ2n) is 6.52. The molecule has 4 heteroatoms. The van der Waals surface area contributed by atoms with E-state index in [1.165, 1.54) is 5.56 Å². The maximum Gasteiger partial charge on any atom is 0.418 e. The number of carbonyl (C=O) groups is 1. The van der Waals surface area contributed by atoms with Gasteiger partial charge in [0, 0.05) is 18.1 Å². The zero-order valence-electron chi connectivity index (χ0n) is 14.2. The molecule has 120 valence electrons. The van der Waals surface area contributed by atoms with Crippen LogP contribution in [0, 0.1) is 0 Å². The van der Waals surface area contributed by atoms with Crippen molar-refractivity contribution in [2.75, 3.05) is 13.1 Å². The van der Waals surface area contributed by atoms with Crippen molar-refractivity contribution in [2.24, 2.45) is 0 Å². The molecule has 0 radical (unpaired) electrons. The van der Waals surface area contributed by atoms with Gasteiger partial charge in [0.2, 0.25) is 0 Å². The molecule has 0 aliphatic heterocycles. The average Bonchev–Trinajstić information content (AvgIpc) is 2.86. The minimum atomic E-state index is -0.490. The molecule has 0 saturated heterocycles. The van der Waals surface area contributed by atoms with E-state index in [0.29, 0.717) is 0 Å². The number of aromatic nitrogens is 1. The second-order valence-corrected chi connectivity index (χ2v) is 6.52. The normalized spacial score (nSPS) is 12.1. The summed E-state index contributed by atoms with van der Waals surface area (Å²) in [5.74, 6) is 0. The lowest BCUT2D eigenvalue weighted by molar-refractivity contribution is 0.0544. The zero-order valence-corrected chi connectivity index (χ0v) is 14.2. The van der Waals surface area contributed by atoms with E-state index in [0.717, 1.165) is 30.5 Å². The van der Waals surface area contributed by atoms with Crippen molar-refractivity contribution in [1.29, 1.82) is 0 Å². The third-order valence-electron chi connectivity index (χ3n) is 3.65. The third kappa shape index (κ3) is 3.89. The molecule has 0 aliphatic carbocycles. The summed E-state index contributed by atoms with van der Waals surface area (Å²) < 4.78 is 7.01. The Kier molecular flexibility index (Phi) is 4.91. The summed E-state index contributed by atoms with van der Waals surface area (Å²) in [6.45, 7) is 13.0. The van der Waals surface area contributed by atoms with E-state index in [4.69, 9.17) is 4.74 Å². The summed E-state index contributed by atoms with van der Waals surface area (Å²) in [5.41, 5.74) is 1.66. The molecule has 0 atom stereocenters. The van der Waals surface area contributed by atoms with Gasteiger partial charge in [-0.25, -0.2) is 4.79 Å². The Balaban J connectivity index is 2.25. The largest absolute Gasteiger partial charge is 0.443 e. The summed E-state index contributed by atoms with van der Waals surface area (Å²) in [4.78, 5) is 14.6. The van der Waals surface area contributed by atoms with Gasteiger partial charge < -0.3 is 4.74 Å². The van der Waals surface area contributed by atoms with Gasteiger partial charge in [-0.05, 0) is 57.6 Å². The first kappa shape index (κ1) is 16.6. The minimum Gasteiger partial charge on any atom is -0.443 e. The first-order valence-electron chi connectivity index (χ1n) is 7.89. The Labute approximate surface area is 132 Å². The Morgan fingerprint density at radius 1 is 1.18 bits per heavy atom. The van der Waals surface area contributed by atoms with Crippen molar-refractivity contribution in [2.45, 2.75) is 46.8 Å². The van der Waals surface area contributed by atoms with Gasteiger partial charge in [-0.3, -0.25) is 9.47 Å². The molecular weight excluding hydrogens is 276 g/mol. The Morgan fingerprint density at radius 2 is 1.86 bits per heavy atom. The first-order valence-corrected chi connectivity index (χ1v) is 7.89. The monoisotopic (exact) mass is 302 g/mol. The molecule has 1 heterocycles. The van der Waals surface area contributed by atoms with E-state index in [1.54, 1.807) is 10.8 Å². The van der Waals surface area contributed by atoms with Gasteiger partial charge in [0.25, 0.3) is 0 Å². The fourth-order valence-electron chi connectivity index (χ4n) is 2.47. The van der Waals surface area contributed by atoms with Crippen LogP contribution in [-0.2, 0) is 11.3 Å². The van der Waals surface area contributed by atoms with E-state index in [2.05, 4.69) is 30.9 Å². The van der Waals surface area contributed by atoms with E-state index in [1.807, 2.05) is 32.9 Å². The summed E-state index contributed by atoms with van der Waals surface area (Å²) in [6.07, 6.45) is 1.44. The van der Waals surface area contributed by atoms with Gasteiger partial charge in [-0.1, -0.05) is 19.9 Å².